The first kappa shape index (κ1) is 16.4. The van der Waals surface area contributed by atoms with E-state index >= 15 is 0 Å². The Labute approximate surface area is 112 Å². The van der Waals surface area contributed by atoms with Crippen molar-refractivity contribution in [1.29, 1.82) is 0 Å². The number of ether oxygens (including phenoxy) is 2. The van der Waals surface area contributed by atoms with Gasteiger partial charge in [0, 0.05) is 5.88 Å². The molecule has 0 aromatic heterocycles. The predicted octanol–water partition coefficient (Wildman–Crippen LogP) is 2.57. The van der Waals surface area contributed by atoms with Crippen LogP contribution in [0.2, 0.25) is 0 Å². The molecule has 1 aromatic carbocycles. The molecular weight excluding hydrogens is 256 g/mol. The van der Waals surface area contributed by atoms with Gasteiger partial charge in [0.25, 0.3) is 0 Å². The number of halogens is 1. The molecule has 0 radical (unpaired) electrons. The normalized spacial score (nSPS) is 8.89. The summed E-state index contributed by atoms with van der Waals surface area (Å²) in [6.07, 6.45) is -0.115. The number of carbonyl (C=O) groups excluding carboxylic acids is 2. The van der Waals surface area contributed by atoms with Crippen molar-refractivity contribution in [1.82, 2.24) is 0 Å². The molecule has 0 heterocycles. The molecule has 1 aromatic rings. The average Bonchev–Trinajstić information content (AvgIpc) is 2.38. The van der Waals surface area contributed by atoms with E-state index in [4.69, 9.17) is 16.3 Å². The van der Waals surface area contributed by atoms with Crippen LogP contribution in [0.1, 0.15) is 18.9 Å². The summed E-state index contributed by atoms with van der Waals surface area (Å²) in [5.74, 6) is 0.785. The molecule has 100 valence electrons. The van der Waals surface area contributed by atoms with E-state index < -0.39 is 5.97 Å². The first-order valence-electron chi connectivity index (χ1n) is 5.28. The second-order valence-electron chi connectivity index (χ2n) is 3.44. The van der Waals surface area contributed by atoms with Crippen LogP contribution in [0, 0.1) is 0 Å². The van der Waals surface area contributed by atoms with Crippen molar-refractivity contribution in [3.8, 4) is 5.75 Å². The molecule has 0 aliphatic heterocycles. The lowest BCUT2D eigenvalue weighted by atomic mass is 10.2. The Morgan fingerprint density at radius 3 is 2.00 bits per heavy atom. The highest BCUT2D eigenvalue weighted by Crippen LogP contribution is 2.12. The number of methoxy groups -OCH3 is 2. The van der Waals surface area contributed by atoms with Gasteiger partial charge in [0.2, 0.25) is 0 Å². The van der Waals surface area contributed by atoms with E-state index in [1.165, 1.54) is 14.0 Å². The van der Waals surface area contributed by atoms with Crippen molar-refractivity contribution in [2.45, 2.75) is 19.2 Å². The van der Waals surface area contributed by atoms with E-state index in [-0.39, 0.29) is 12.2 Å². The molecule has 18 heavy (non-hydrogen) atoms. The number of hydrogen-bond donors (Lipinski definition) is 0. The molecule has 0 saturated heterocycles. The van der Waals surface area contributed by atoms with E-state index in [2.05, 4.69) is 4.74 Å². The van der Waals surface area contributed by atoms with Crippen molar-refractivity contribution < 1.29 is 19.1 Å². The largest absolute Gasteiger partial charge is 0.497 e. The minimum absolute atomic E-state index is 0.115. The van der Waals surface area contributed by atoms with Gasteiger partial charge in [-0.2, -0.15) is 0 Å². The lowest BCUT2D eigenvalue weighted by Gasteiger charge is -1.98. The third-order valence-electron chi connectivity index (χ3n) is 1.93. The van der Waals surface area contributed by atoms with Crippen molar-refractivity contribution in [3.05, 3.63) is 29.8 Å². The second-order valence-corrected chi connectivity index (χ2v) is 3.70. The lowest BCUT2D eigenvalue weighted by molar-refractivity contribution is -0.142. The summed E-state index contributed by atoms with van der Waals surface area (Å²) in [4.78, 5) is 20.3. The maximum absolute atomic E-state index is 10.2. The minimum atomic E-state index is -0.475. The van der Waals surface area contributed by atoms with Crippen molar-refractivity contribution in [3.63, 3.8) is 0 Å². The maximum Gasteiger partial charge on any atom is 0.313 e. The zero-order valence-electron chi connectivity index (χ0n) is 10.7. The number of alkyl halides is 1. The van der Waals surface area contributed by atoms with Crippen LogP contribution >= 0.6 is 11.6 Å². The first-order chi connectivity index (χ1) is 8.53. The van der Waals surface area contributed by atoms with Gasteiger partial charge in [-0.15, -0.1) is 11.6 Å². The van der Waals surface area contributed by atoms with Gasteiger partial charge in [0.1, 0.15) is 18.0 Å². The van der Waals surface area contributed by atoms with E-state index in [1.54, 1.807) is 7.11 Å². The molecule has 0 unspecified atom stereocenters. The van der Waals surface area contributed by atoms with Crippen LogP contribution < -0.4 is 4.74 Å². The Bertz CT molecular complexity index is 350. The Hall–Kier alpha value is -1.55. The molecule has 0 bridgehead atoms. The molecule has 1 rings (SSSR count). The fourth-order valence-corrected chi connectivity index (χ4v) is 1.17. The third-order valence-corrected chi connectivity index (χ3v) is 2.24. The lowest BCUT2D eigenvalue weighted by Crippen LogP contribution is -2.05. The van der Waals surface area contributed by atoms with Crippen LogP contribution in [-0.4, -0.2) is 26.0 Å². The molecule has 0 amide bonds. The fourth-order valence-electron chi connectivity index (χ4n) is 0.990. The van der Waals surface area contributed by atoms with E-state index in [9.17, 15) is 9.59 Å². The zero-order chi connectivity index (χ0) is 14.0. The Morgan fingerprint density at radius 2 is 1.72 bits per heavy atom. The number of esters is 1. The van der Waals surface area contributed by atoms with E-state index in [1.807, 2.05) is 24.3 Å². The molecule has 0 spiro atoms. The highest BCUT2D eigenvalue weighted by atomic mass is 35.5. The summed E-state index contributed by atoms with van der Waals surface area (Å²) < 4.78 is 9.17. The number of ketones is 1. The molecular formula is C13H17ClO4. The SMILES string of the molecule is COC(=O)CC(C)=O.COc1ccc(CCl)cc1. The summed E-state index contributed by atoms with van der Waals surface area (Å²) in [7, 11) is 2.90. The van der Waals surface area contributed by atoms with Crippen LogP contribution in [0.25, 0.3) is 0 Å². The van der Waals surface area contributed by atoms with E-state index in [0.29, 0.717) is 5.88 Å². The molecule has 0 N–H and O–H groups in total. The summed E-state index contributed by atoms with van der Waals surface area (Å²) in [5, 5.41) is 0. The second kappa shape index (κ2) is 9.48. The molecule has 0 aliphatic carbocycles. The predicted molar refractivity (Wildman–Crippen MR) is 69.9 cm³/mol. The summed E-state index contributed by atoms with van der Waals surface area (Å²) >= 11 is 5.58. The molecule has 0 atom stereocenters. The zero-order valence-corrected chi connectivity index (χ0v) is 11.5. The van der Waals surface area contributed by atoms with Crippen LogP contribution in [0.15, 0.2) is 24.3 Å². The van der Waals surface area contributed by atoms with Gasteiger partial charge in [0.05, 0.1) is 14.2 Å². The maximum atomic E-state index is 10.2. The average molecular weight is 273 g/mol. The van der Waals surface area contributed by atoms with Crippen LogP contribution in [0.5, 0.6) is 5.75 Å². The van der Waals surface area contributed by atoms with Crippen molar-refractivity contribution in [2.24, 2.45) is 0 Å². The highest BCUT2D eigenvalue weighted by Gasteiger charge is 2.01. The van der Waals surface area contributed by atoms with Crippen LogP contribution in [-0.2, 0) is 20.2 Å². The Morgan fingerprint density at radius 1 is 1.17 bits per heavy atom. The van der Waals surface area contributed by atoms with Gasteiger partial charge >= 0.3 is 5.97 Å². The Kier molecular flexibility index (Phi) is 8.66. The van der Waals surface area contributed by atoms with Gasteiger partial charge in [-0.3, -0.25) is 9.59 Å². The van der Waals surface area contributed by atoms with Gasteiger partial charge in [-0.05, 0) is 24.6 Å². The van der Waals surface area contributed by atoms with Crippen LogP contribution in [0.4, 0.5) is 0 Å². The minimum Gasteiger partial charge on any atom is -0.497 e. The van der Waals surface area contributed by atoms with Gasteiger partial charge in [-0.1, -0.05) is 12.1 Å². The van der Waals surface area contributed by atoms with Gasteiger partial charge in [0.15, 0.2) is 0 Å². The Balaban J connectivity index is 0.000000331. The molecule has 4 nitrogen and oxygen atoms in total. The molecule has 0 aliphatic rings. The number of hydrogen-bond acceptors (Lipinski definition) is 4. The van der Waals surface area contributed by atoms with E-state index in [0.717, 1.165) is 11.3 Å². The molecule has 5 heteroatoms. The number of carbonyl (C=O) groups is 2. The smallest absolute Gasteiger partial charge is 0.313 e. The third kappa shape index (κ3) is 7.68. The monoisotopic (exact) mass is 272 g/mol. The fraction of sp³-hybridized carbons (Fsp3) is 0.385. The number of Topliss-reactive ketones (excluding diaryl/α,β-unsaturated/α-hetero) is 1. The summed E-state index contributed by atoms with van der Waals surface area (Å²) in [5.41, 5.74) is 1.11. The number of benzene rings is 1. The first-order valence-corrected chi connectivity index (χ1v) is 5.82. The molecule has 0 fully saturated rings. The van der Waals surface area contributed by atoms with Gasteiger partial charge < -0.3 is 9.47 Å². The number of rotatable bonds is 4. The standard InChI is InChI=1S/C8H9ClO.C5H8O3/c1-10-8-4-2-7(6-9)3-5-8;1-4(6)3-5(7)8-2/h2-5H,6H2,1H3;3H2,1-2H3. The van der Waals surface area contributed by atoms with Crippen molar-refractivity contribution in [2.75, 3.05) is 14.2 Å². The van der Waals surface area contributed by atoms with Crippen molar-refractivity contribution >= 4 is 23.4 Å². The summed E-state index contributed by atoms with van der Waals surface area (Å²) in [6, 6.07) is 7.70. The van der Waals surface area contributed by atoms with Gasteiger partial charge in [-0.25, -0.2) is 0 Å². The van der Waals surface area contributed by atoms with Crippen LogP contribution in [0.3, 0.4) is 0 Å². The molecule has 0 saturated carbocycles. The topological polar surface area (TPSA) is 52.6 Å². The highest BCUT2D eigenvalue weighted by molar-refractivity contribution is 6.17. The quantitative estimate of drug-likeness (QED) is 0.480. The summed E-state index contributed by atoms with van der Waals surface area (Å²) in [6.45, 7) is 1.34.